The number of nitrogens with zero attached hydrogens (tertiary/aromatic N) is 3. The molecule has 0 radical (unpaired) electrons. The Morgan fingerprint density at radius 1 is 0.971 bits per heavy atom. The smallest absolute Gasteiger partial charge is 0.317 e. The van der Waals surface area contributed by atoms with E-state index >= 15 is 0 Å². The number of rotatable bonds is 5. The number of H-pyrrole nitrogens is 1. The zero-order valence-electron chi connectivity index (χ0n) is 19.6. The SMILES string of the molecule is O=C(NC(c1ccccc1)C1CCCCC1)N1CCN(Cc2nc3ccccc3c(=O)[nH]2)CC1. The summed E-state index contributed by atoms with van der Waals surface area (Å²) in [5, 5.41) is 3.98. The van der Waals surface area contributed by atoms with Gasteiger partial charge in [0.2, 0.25) is 0 Å². The van der Waals surface area contributed by atoms with Crippen LogP contribution in [0, 0.1) is 5.92 Å². The minimum absolute atomic E-state index is 0.0244. The van der Waals surface area contributed by atoms with Crippen molar-refractivity contribution in [2.45, 2.75) is 44.7 Å². The zero-order valence-corrected chi connectivity index (χ0v) is 19.6. The van der Waals surface area contributed by atoms with Crippen molar-refractivity contribution in [3.05, 3.63) is 76.3 Å². The Balaban J connectivity index is 1.20. The highest BCUT2D eigenvalue weighted by molar-refractivity contribution is 5.77. The molecule has 1 aromatic heterocycles. The highest BCUT2D eigenvalue weighted by Gasteiger charge is 2.29. The molecule has 1 aliphatic heterocycles. The van der Waals surface area contributed by atoms with Gasteiger partial charge in [0.25, 0.3) is 5.56 Å². The van der Waals surface area contributed by atoms with E-state index in [1.54, 1.807) is 6.07 Å². The largest absolute Gasteiger partial charge is 0.331 e. The van der Waals surface area contributed by atoms with E-state index in [4.69, 9.17) is 0 Å². The fraction of sp³-hybridized carbons (Fsp3) is 0.444. The molecule has 0 spiro atoms. The maximum absolute atomic E-state index is 13.2. The number of piperazine rings is 1. The second-order valence-corrected chi connectivity index (χ2v) is 9.53. The van der Waals surface area contributed by atoms with Crippen LogP contribution in [0.2, 0.25) is 0 Å². The lowest BCUT2D eigenvalue weighted by molar-refractivity contribution is 0.128. The van der Waals surface area contributed by atoms with Crippen LogP contribution in [-0.4, -0.2) is 52.0 Å². The average Bonchev–Trinajstić information content (AvgIpc) is 2.89. The van der Waals surface area contributed by atoms with E-state index in [2.05, 4.69) is 44.5 Å². The van der Waals surface area contributed by atoms with Crippen molar-refractivity contribution in [2.24, 2.45) is 5.92 Å². The van der Waals surface area contributed by atoms with Gasteiger partial charge in [-0.1, -0.05) is 61.7 Å². The van der Waals surface area contributed by atoms with E-state index in [0.29, 0.717) is 42.3 Å². The third kappa shape index (κ3) is 5.14. The van der Waals surface area contributed by atoms with Crippen LogP contribution in [-0.2, 0) is 6.54 Å². The second-order valence-electron chi connectivity index (χ2n) is 9.53. The predicted molar refractivity (Wildman–Crippen MR) is 134 cm³/mol. The molecule has 34 heavy (non-hydrogen) atoms. The van der Waals surface area contributed by atoms with Crippen molar-refractivity contribution in [1.82, 2.24) is 25.1 Å². The second kappa shape index (κ2) is 10.4. The molecule has 3 aromatic rings. The summed E-state index contributed by atoms with van der Waals surface area (Å²) in [5.41, 5.74) is 1.81. The van der Waals surface area contributed by atoms with Crippen molar-refractivity contribution < 1.29 is 4.79 Å². The van der Waals surface area contributed by atoms with Gasteiger partial charge < -0.3 is 15.2 Å². The zero-order chi connectivity index (χ0) is 23.3. The van der Waals surface area contributed by atoms with Crippen LogP contribution in [0.25, 0.3) is 10.9 Å². The van der Waals surface area contributed by atoms with Gasteiger partial charge >= 0.3 is 6.03 Å². The Hall–Kier alpha value is -3.19. The third-order valence-corrected chi connectivity index (χ3v) is 7.25. The number of amides is 2. The van der Waals surface area contributed by atoms with Crippen LogP contribution in [0.5, 0.6) is 0 Å². The van der Waals surface area contributed by atoms with Crippen molar-refractivity contribution in [1.29, 1.82) is 0 Å². The van der Waals surface area contributed by atoms with Gasteiger partial charge in [-0.3, -0.25) is 9.69 Å². The molecule has 1 atom stereocenters. The number of aromatic nitrogens is 2. The van der Waals surface area contributed by atoms with Gasteiger partial charge in [0.05, 0.1) is 23.5 Å². The quantitative estimate of drug-likeness (QED) is 0.603. The molecule has 1 aliphatic carbocycles. The van der Waals surface area contributed by atoms with Crippen molar-refractivity contribution in [3.8, 4) is 0 Å². The lowest BCUT2D eigenvalue weighted by Gasteiger charge is -2.37. The fourth-order valence-corrected chi connectivity index (χ4v) is 5.36. The molecule has 2 fully saturated rings. The van der Waals surface area contributed by atoms with Crippen molar-refractivity contribution in [3.63, 3.8) is 0 Å². The first-order valence-electron chi connectivity index (χ1n) is 12.5. The number of fused-ring (bicyclic) bond motifs is 1. The van der Waals surface area contributed by atoms with E-state index in [-0.39, 0.29) is 17.6 Å². The fourth-order valence-electron chi connectivity index (χ4n) is 5.36. The van der Waals surface area contributed by atoms with Crippen molar-refractivity contribution in [2.75, 3.05) is 26.2 Å². The third-order valence-electron chi connectivity index (χ3n) is 7.25. The van der Waals surface area contributed by atoms with Crippen LogP contribution in [0.4, 0.5) is 4.79 Å². The van der Waals surface area contributed by atoms with Gasteiger partial charge in [-0.2, -0.15) is 0 Å². The molecule has 0 bridgehead atoms. The molecule has 5 rings (SSSR count). The van der Waals surface area contributed by atoms with Gasteiger partial charge in [-0.15, -0.1) is 0 Å². The number of para-hydroxylation sites is 1. The standard InChI is InChI=1S/C27H33N5O2/c33-26-22-13-7-8-14-23(22)28-24(29-26)19-31-15-17-32(18-16-31)27(34)30-25(20-9-3-1-4-10-20)21-11-5-2-6-12-21/h1,3-4,7-10,13-14,21,25H,2,5-6,11-12,15-19H2,(H,30,34)(H,28,29,33). The van der Waals surface area contributed by atoms with Gasteiger partial charge in [0, 0.05) is 26.2 Å². The van der Waals surface area contributed by atoms with E-state index in [1.165, 1.54) is 37.7 Å². The van der Waals surface area contributed by atoms with Crippen molar-refractivity contribution >= 4 is 16.9 Å². The Labute approximate surface area is 200 Å². The van der Waals surface area contributed by atoms with Crippen LogP contribution in [0.1, 0.15) is 49.5 Å². The first kappa shape index (κ1) is 22.6. The summed E-state index contributed by atoms with van der Waals surface area (Å²) in [6.07, 6.45) is 6.13. The summed E-state index contributed by atoms with van der Waals surface area (Å²) in [7, 11) is 0. The minimum atomic E-state index is -0.103. The maximum atomic E-state index is 13.2. The number of hydrogen-bond acceptors (Lipinski definition) is 4. The molecular weight excluding hydrogens is 426 g/mol. The normalized spacial score (nSPS) is 18.6. The van der Waals surface area contributed by atoms with Gasteiger partial charge in [-0.05, 0) is 36.5 Å². The van der Waals surface area contributed by atoms with E-state index < -0.39 is 0 Å². The lowest BCUT2D eigenvalue weighted by Crippen LogP contribution is -2.52. The van der Waals surface area contributed by atoms with E-state index in [1.807, 2.05) is 29.2 Å². The Bertz CT molecular complexity index is 1160. The summed E-state index contributed by atoms with van der Waals surface area (Å²) in [5.74, 6) is 1.17. The minimum Gasteiger partial charge on any atom is -0.331 e. The van der Waals surface area contributed by atoms with E-state index in [0.717, 1.165) is 13.1 Å². The van der Waals surface area contributed by atoms with Gasteiger partial charge in [-0.25, -0.2) is 9.78 Å². The van der Waals surface area contributed by atoms with Crippen LogP contribution < -0.4 is 10.9 Å². The highest BCUT2D eigenvalue weighted by atomic mass is 16.2. The average molecular weight is 460 g/mol. The summed E-state index contributed by atoms with van der Waals surface area (Å²) in [4.78, 5) is 37.3. The number of hydrogen-bond donors (Lipinski definition) is 2. The molecule has 1 saturated heterocycles. The monoisotopic (exact) mass is 459 g/mol. The highest BCUT2D eigenvalue weighted by Crippen LogP contribution is 2.34. The number of nitrogens with one attached hydrogen (secondary N) is 2. The molecule has 2 amide bonds. The summed E-state index contributed by atoms with van der Waals surface area (Å²) in [6, 6.07) is 17.9. The topological polar surface area (TPSA) is 81.3 Å². The number of carbonyl (C=O) groups is 1. The van der Waals surface area contributed by atoms with Crippen LogP contribution in [0.15, 0.2) is 59.4 Å². The predicted octanol–water partition coefficient (Wildman–Crippen LogP) is 4.07. The van der Waals surface area contributed by atoms with Crippen LogP contribution >= 0.6 is 0 Å². The van der Waals surface area contributed by atoms with E-state index in [9.17, 15) is 9.59 Å². The maximum Gasteiger partial charge on any atom is 0.317 e. The lowest BCUT2D eigenvalue weighted by atomic mass is 9.81. The number of benzene rings is 2. The first-order valence-corrected chi connectivity index (χ1v) is 12.5. The number of aromatic amines is 1. The molecular formula is C27H33N5O2. The molecule has 2 aromatic carbocycles. The Morgan fingerprint density at radius 3 is 2.44 bits per heavy atom. The summed E-state index contributed by atoms with van der Waals surface area (Å²) < 4.78 is 0. The molecule has 1 unspecified atom stereocenters. The molecule has 1 saturated carbocycles. The first-order chi connectivity index (χ1) is 16.7. The van der Waals surface area contributed by atoms with Gasteiger partial charge in [0.15, 0.2) is 0 Å². The molecule has 7 heteroatoms. The molecule has 2 heterocycles. The Kier molecular flexibility index (Phi) is 6.90. The van der Waals surface area contributed by atoms with Crippen LogP contribution in [0.3, 0.4) is 0 Å². The molecule has 178 valence electrons. The molecule has 7 nitrogen and oxygen atoms in total. The summed E-state index contributed by atoms with van der Waals surface area (Å²) >= 11 is 0. The Morgan fingerprint density at radius 2 is 1.68 bits per heavy atom. The molecule has 2 N–H and O–H groups in total. The summed E-state index contributed by atoms with van der Waals surface area (Å²) in [6.45, 7) is 3.41. The molecule has 2 aliphatic rings. The van der Waals surface area contributed by atoms with Gasteiger partial charge in [0.1, 0.15) is 5.82 Å². The number of carbonyl (C=O) groups excluding carboxylic acids is 1. The number of urea groups is 1.